The van der Waals surface area contributed by atoms with Crippen molar-refractivity contribution in [3.63, 3.8) is 0 Å². The molecule has 3 rings (SSSR count). The molecular weight excluding hydrogens is 308 g/mol. The van der Waals surface area contributed by atoms with Gasteiger partial charge in [-0.3, -0.25) is 9.36 Å². The maximum Gasteiger partial charge on any atom is 0.256 e. The molecule has 0 radical (unpaired) electrons. The first kappa shape index (κ1) is 15.4. The van der Waals surface area contributed by atoms with Crippen molar-refractivity contribution < 1.29 is 0 Å². The van der Waals surface area contributed by atoms with Crippen LogP contribution in [-0.2, 0) is 6.54 Å². The van der Waals surface area contributed by atoms with Crippen molar-refractivity contribution >= 4 is 22.2 Å². The smallest absolute Gasteiger partial charge is 0.256 e. The maximum absolute atomic E-state index is 12.2. The van der Waals surface area contributed by atoms with Crippen molar-refractivity contribution in [2.75, 3.05) is 5.32 Å². The molecule has 0 bridgehead atoms. The summed E-state index contributed by atoms with van der Waals surface area (Å²) in [6, 6.07) is 8.07. The van der Waals surface area contributed by atoms with Crippen molar-refractivity contribution in [1.82, 2.24) is 14.5 Å². The van der Waals surface area contributed by atoms with Crippen LogP contribution in [-0.4, -0.2) is 14.5 Å². The van der Waals surface area contributed by atoms with E-state index >= 15 is 0 Å². The van der Waals surface area contributed by atoms with Crippen LogP contribution in [0.25, 0.3) is 0 Å². The van der Waals surface area contributed by atoms with Gasteiger partial charge in [-0.2, -0.15) is 0 Å². The van der Waals surface area contributed by atoms with E-state index < -0.39 is 0 Å². The number of nitrogens with zero attached hydrogens (tertiary/aromatic N) is 3. The van der Waals surface area contributed by atoms with E-state index in [0.29, 0.717) is 12.1 Å². The minimum absolute atomic E-state index is 0.0149. The van der Waals surface area contributed by atoms with Crippen LogP contribution in [0.4, 0.5) is 10.8 Å². The van der Waals surface area contributed by atoms with E-state index in [2.05, 4.69) is 28.3 Å². The van der Waals surface area contributed by atoms with Crippen molar-refractivity contribution in [3.05, 3.63) is 68.8 Å². The Morgan fingerprint density at radius 3 is 2.78 bits per heavy atom. The van der Waals surface area contributed by atoms with Gasteiger partial charge < -0.3 is 5.32 Å². The number of rotatable bonds is 4. The van der Waals surface area contributed by atoms with Crippen molar-refractivity contribution in [3.8, 4) is 0 Å². The molecule has 0 unspecified atom stereocenters. The summed E-state index contributed by atoms with van der Waals surface area (Å²) in [7, 11) is 0. The summed E-state index contributed by atoms with van der Waals surface area (Å²) in [6.45, 7) is 6.12. The lowest BCUT2D eigenvalue weighted by Crippen LogP contribution is -2.24. The van der Waals surface area contributed by atoms with Crippen LogP contribution in [0.5, 0.6) is 0 Å². The van der Waals surface area contributed by atoms with Gasteiger partial charge in [0.05, 0.1) is 18.6 Å². The van der Waals surface area contributed by atoms with Gasteiger partial charge in [0.25, 0.3) is 5.56 Å². The molecule has 118 valence electrons. The van der Waals surface area contributed by atoms with Crippen LogP contribution in [0, 0.1) is 20.8 Å². The molecule has 5 nitrogen and oxygen atoms in total. The summed E-state index contributed by atoms with van der Waals surface area (Å²) in [5, 5.41) is 6.10. The van der Waals surface area contributed by atoms with E-state index in [0.717, 1.165) is 22.2 Å². The van der Waals surface area contributed by atoms with Gasteiger partial charge in [-0.1, -0.05) is 18.2 Å². The van der Waals surface area contributed by atoms with Crippen LogP contribution in [0.3, 0.4) is 0 Å². The van der Waals surface area contributed by atoms with Crippen LogP contribution in [0.1, 0.15) is 22.5 Å². The highest BCUT2D eigenvalue weighted by atomic mass is 32.1. The molecule has 0 amide bonds. The molecule has 6 heteroatoms. The second-order valence-electron chi connectivity index (χ2n) is 5.47. The molecule has 0 aliphatic heterocycles. The van der Waals surface area contributed by atoms with E-state index in [1.165, 1.54) is 16.9 Å². The SMILES string of the molecule is Cc1ccccc1Nc1nc(Cn2cnc(C)c(C)c2=O)cs1. The van der Waals surface area contributed by atoms with E-state index in [1.54, 1.807) is 17.8 Å². The quantitative estimate of drug-likeness (QED) is 0.798. The minimum Gasteiger partial charge on any atom is -0.331 e. The number of benzene rings is 1. The van der Waals surface area contributed by atoms with Gasteiger partial charge >= 0.3 is 0 Å². The first-order valence-corrected chi connectivity index (χ1v) is 8.22. The summed E-state index contributed by atoms with van der Waals surface area (Å²) in [5.41, 5.74) is 4.49. The van der Waals surface area contributed by atoms with Gasteiger partial charge in [0.1, 0.15) is 0 Å². The maximum atomic E-state index is 12.2. The molecule has 1 N–H and O–H groups in total. The third kappa shape index (κ3) is 3.32. The Labute approximate surface area is 138 Å². The van der Waals surface area contributed by atoms with E-state index in [4.69, 9.17) is 0 Å². The normalized spacial score (nSPS) is 10.7. The van der Waals surface area contributed by atoms with E-state index in [1.807, 2.05) is 30.5 Å². The van der Waals surface area contributed by atoms with Crippen molar-refractivity contribution in [2.24, 2.45) is 0 Å². The Morgan fingerprint density at radius 2 is 2.00 bits per heavy atom. The number of nitrogens with one attached hydrogen (secondary N) is 1. The summed E-state index contributed by atoms with van der Waals surface area (Å²) in [5.74, 6) is 0. The summed E-state index contributed by atoms with van der Waals surface area (Å²) in [4.78, 5) is 21.0. The molecule has 1 aromatic carbocycles. The van der Waals surface area contributed by atoms with Gasteiger partial charge in [-0.05, 0) is 32.4 Å². The molecule has 0 saturated carbocycles. The minimum atomic E-state index is -0.0149. The topological polar surface area (TPSA) is 59.8 Å². The number of anilines is 2. The Kier molecular flexibility index (Phi) is 4.25. The summed E-state index contributed by atoms with van der Waals surface area (Å²) < 4.78 is 1.59. The molecule has 3 aromatic rings. The fraction of sp³-hybridized carbons (Fsp3) is 0.235. The summed E-state index contributed by atoms with van der Waals surface area (Å²) >= 11 is 1.53. The van der Waals surface area contributed by atoms with Gasteiger partial charge in [0.2, 0.25) is 0 Å². The molecule has 23 heavy (non-hydrogen) atoms. The average molecular weight is 326 g/mol. The number of hydrogen-bond acceptors (Lipinski definition) is 5. The molecule has 0 atom stereocenters. The molecular formula is C17H18N4OS. The molecule has 0 spiro atoms. The monoisotopic (exact) mass is 326 g/mol. The Hall–Kier alpha value is -2.47. The molecule has 2 aromatic heterocycles. The second kappa shape index (κ2) is 6.34. The zero-order valence-electron chi connectivity index (χ0n) is 13.3. The van der Waals surface area contributed by atoms with Crippen LogP contribution < -0.4 is 10.9 Å². The second-order valence-corrected chi connectivity index (χ2v) is 6.33. The molecule has 0 saturated heterocycles. The zero-order chi connectivity index (χ0) is 16.4. The van der Waals surface area contributed by atoms with Gasteiger partial charge in [0, 0.05) is 22.3 Å². The molecule has 0 aliphatic rings. The number of aryl methyl sites for hydroxylation is 2. The Bertz CT molecular complexity index is 898. The first-order valence-electron chi connectivity index (χ1n) is 7.34. The molecule has 2 heterocycles. The number of thiazole rings is 1. The van der Waals surface area contributed by atoms with Crippen LogP contribution in [0.15, 0.2) is 40.8 Å². The zero-order valence-corrected chi connectivity index (χ0v) is 14.1. The Morgan fingerprint density at radius 1 is 1.22 bits per heavy atom. The molecule has 0 fully saturated rings. The van der Waals surface area contributed by atoms with Gasteiger partial charge in [-0.25, -0.2) is 9.97 Å². The van der Waals surface area contributed by atoms with Crippen molar-refractivity contribution in [2.45, 2.75) is 27.3 Å². The van der Waals surface area contributed by atoms with E-state index in [-0.39, 0.29) is 5.56 Å². The lowest BCUT2D eigenvalue weighted by Gasteiger charge is -2.06. The molecule has 0 aliphatic carbocycles. The number of aromatic nitrogens is 3. The number of para-hydroxylation sites is 1. The third-order valence-corrected chi connectivity index (χ3v) is 4.59. The van der Waals surface area contributed by atoms with Crippen molar-refractivity contribution in [1.29, 1.82) is 0 Å². The third-order valence-electron chi connectivity index (χ3n) is 3.79. The van der Waals surface area contributed by atoms with E-state index in [9.17, 15) is 4.79 Å². The van der Waals surface area contributed by atoms with Gasteiger partial charge in [-0.15, -0.1) is 11.3 Å². The van der Waals surface area contributed by atoms with Gasteiger partial charge in [0.15, 0.2) is 5.13 Å². The average Bonchev–Trinajstić information content (AvgIpc) is 2.97. The highest BCUT2D eigenvalue weighted by molar-refractivity contribution is 7.13. The van der Waals surface area contributed by atoms with Crippen LogP contribution >= 0.6 is 11.3 Å². The van der Waals surface area contributed by atoms with Crippen LogP contribution in [0.2, 0.25) is 0 Å². The lowest BCUT2D eigenvalue weighted by molar-refractivity contribution is 0.710. The lowest BCUT2D eigenvalue weighted by atomic mass is 10.2. The fourth-order valence-corrected chi connectivity index (χ4v) is 2.94. The summed E-state index contributed by atoms with van der Waals surface area (Å²) in [6.07, 6.45) is 1.58. The predicted molar refractivity (Wildman–Crippen MR) is 93.6 cm³/mol. The first-order chi connectivity index (χ1) is 11.0. The highest BCUT2D eigenvalue weighted by Gasteiger charge is 2.08. The highest BCUT2D eigenvalue weighted by Crippen LogP contribution is 2.23. The Balaban J connectivity index is 1.79. The number of hydrogen-bond donors (Lipinski definition) is 1. The standard InChI is InChI=1S/C17H18N4OS/c1-11-6-4-5-7-15(11)20-17-19-14(9-23-17)8-21-10-18-13(3)12(2)16(21)22/h4-7,9-10H,8H2,1-3H3,(H,19,20). The predicted octanol–water partition coefficient (Wildman–Crippen LogP) is 3.42. The largest absolute Gasteiger partial charge is 0.331 e. The fourth-order valence-electron chi connectivity index (χ4n) is 2.23.